The molecule has 2 heteroatoms. The first-order chi connectivity index (χ1) is 7.64. The first-order valence-electron chi connectivity index (χ1n) is 6.86. The summed E-state index contributed by atoms with van der Waals surface area (Å²) < 4.78 is 5.53. The molecule has 1 unspecified atom stereocenters. The van der Waals surface area contributed by atoms with Gasteiger partial charge in [0.05, 0.1) is 6.10 Å². The van der Waals surface area contributed by atoms with Gasteiger partial charge in [0.1, 0.15) is 0 Å². The average molecular weight is 244 g/mol. The molecule has 0 radical (unpaired) electrons. The second-order valence-corrected chi connectivity index (χ2v) is 7.43. The zero-order valence-corrected chi connectivity index (χ0v) is 12.7. The molecule has 0 saturated carbocycles. The van der Waals surface area contributed by atoms with Gasteiger partial charge in [0.25, 0.3) is 0 Å². The molecule has 1 saturated heterocycles. The molecule has 0 aromatic carbocycles. The summed E-state index contributed by atoms with van der Waals surface area (Å²) in [6.45, 7) is 14.5. The fourth-order valence-electron chi connectivity index (χ4n) is 1.82. The molecule has 0 spiro atoms. The average Bonchev–Trinajstić information content (AvgIpc) is 2.52. The Morgan fingerprint density at radius 1 is 1.06 bits per heavy atom. The van der Waals surface area contributed by atoms with Crippen molar-refractivity contribution in [2.45, 2.75) is 73.3 Å². The predicted molar refractivity (Wildman–Crippen MR) is 74.2 cm³/mol. The van der Waals surface area contributed by atoms with E-state index in [1.165, 1.54) is 19.3 Å². The van der Waals surface area contributed by atoms with Gasteiger partial charge in [-0.05, 0) is 36.5 Å². The van der Waals surface area contributed by atoms with Gasteiger partial charge in [-0.2, -0.15) is 0 Å². The van der Waals surface area contributed by atoms with E-state index >= 15 is 0 Å². The SMILES string of the molecule is CC(C)(C)CC1CCCO1.CC(C)(C)CCO. The van der Waals surface area contributed by atoms with E-state index in [9.17, 15) is 0 Å². The highest BCUT2D eigenvalue weighted by atomic mass is 16.5. The maximum absolute atomic E-state index is 8.40. The van der Waals surface area contributed by atoms with Crippen LogP contribution in [0.15, 0.2) is 0 Å². The van der Waals surface area contributed by atoms with Crippen molar-refractivity contribution in [2.24, 2.45) is 10.8 Å². The minimum atomic E-state index is 0.300. The Labute approximate surface area is 108 Å². The number of ether oxygens (including phenoxy) is 1. The molecule has 1 fully saturated rings. The van der Waals surface area contributed by atoms with Crippen LogP contribution in [0.5, 0.6) is 0 Å². The highest BCUT2D eigenvalue weighted by Gasteiger charge is 2.22. The van der Waals surface area contributed by atoms with Gasteiger partial charge in [-0.3, -0.25) is 0 Å². The lowest BCUT2D eigenvalue weighted by molar-refractivity contribution is 0.0763. The molecule has 2 nitrogen and oxygen atoms in total. The van der Waals surface area contributed by atoms with E-state index in [1.54, 1.807) is 0 Å². The van der Waals surface area contributed by atoms with Crippen LogP contribution in [0.3, 0.4) is 0 Å². The topological polar surface area (TPSA) is 29.5 Å². The van der Waals surface area contributed by atoms with E-state index in [-0.39, 0.29) is 0 Å². The van der Waals surface area contributed by atoms with Crippen molar-refractivity contribution in [2.75, 3.05) is 13.2 Å². The minimum Gasteiger partial charge on any atom is -0.396 e. The Morgan fingerprint density at radius 3 is 1.88 bits per heavy atom. The van der Waals surface area contributed by atoms with E-state index in [0.29, 0.717) is 23.5 Å². The van der Waals surface area contributed by atoms with Gasteiger partial charge in [0.2, 0.25) is 0 Å². The third-order valence-corrected chi connectivity index (χ3v) is 2.73. The highest BCUT2D eigenvalue weighted by Crippen LogP contribution is 2.27. The fourth-order valence-corrected chi connectivity index (χ4v) is 1.82. The minimum absolute atomic E-state index is 0.300. The Balaban J connectivity index is 0.000000325. The quantitative estimate of drug-likeness (QED) is 0.795. The van der Waals surface area contributed by atoms with Crippen LogP contribution >= 0.6 is 0 Å². The molecule has 104 valence electrons. The summed E-state index contributed by atoms with van der Waals surface area (Å²) in [6, 6.07) is 0. The maximum atomic E-state index is 8.40. The first kappa shape index (κ1) is 16.9. The van der Waals surface area contributed by atoms with Crippen molar-refractivity contribution in [3.05, 3.63) is 0 Å². The van der Waals surface area contributed by atoms with Gasteiger partial charge < -0.3 is 9.84 Å². The normalized spacial score (nSPS) is 21.0. The van der Waals surface area contributed by atoms with Crippen molar-refractivity contribution >= 4 is 0 Å². The maximum Gasteiger partial charge on any atom is 0.0581 e. The second kappa shape index (κ2) is 7.38. The number of hydrogen-bond acceptors (Lipinski definition) is 2. The summed E-state index contributed by atoms with van der Waals surface area (Å²) in [5.74, 6) is 0. The number of aliphatic hydroxyl groups excluding tert-OH is 1. The van der Waals surface area contributed by atoms with Crippen LogP contribution in [-0.4, -0.2) is 24.4 Å². The summed E-state index contributed by atoms with van der Waals surface area (Å²) in [6.07, 6.45) is 5.21. The van der Waals surface area contributed by atoms with Crippen LogP contribution in [0, 0.1) is 10.8 Å². The largest absolute Gasteiger partial charge is 0.396 e. The van der Waals surface area contributed by atoms with Gasteiger partial charge in [-0.15, -0.1) is 0 Å². The Hall–Kier alpha value is -0.0800. The lowest BCUT2D eigenvalue weighted by atomic mass is 9.88. The highest BCUT2D eigenvalue weighted by molar-refractivity contribution is 4.72. The first-order valence-corrected chi connectivity index (χ1v) is 6.86. The Bertz CT molecular complexity index is 180. The smallest absolute Gasteiger partial charge is 0.0581 e. The molecule has 1 rings (SSSR count). The molecule has 0 aromatic rings. The van der Waals surface area contributed by atoms with Gasteiger partial charge in [0.15, 0.2) is 0 Å². The zero-order valence-electron chi connectivity index (χ0n) is 12.7. The summed E-state index contributed by atoms with van der Waals surface area (Å²) in [7, 11) is 0. The summed E-state index contributed by atoms with van der Waals surface area (Å²) in [5.41, 5.74) is 0.740. The second-order valence-electron chi connectivity index (χ2n) is 7.43. The van der Waals surface area contributed by atoms with Crippen molar-refractivity contribution in [3.8, 4) is 0 Å². The van der Waals surface area contributed by atoms with Crippen LogP contribution < -0.4 is 0 Å². The molecular formula is C15H32O2. The van der Waals surface area contributed by atoms with Crippen molar-refractivity contribution in [1.82, 2.24) is 0 Å². The number of rotatable bonds is 2. The molecule has 0 aliphatic carbocycles. The third kappa shape index (κ3) is 12.2. The molecule has 1 aliphatic rings. The molecule has 1 N–H and O–H groups in total. The monoisotopic (exact) mass is 244 g/mol. The Kier molecular flexibility index (Phi) is 7.34. The fraction of sp³-hybridized carbons (Fsp3) is 1.00. The molecule has 1 aliphatic heterocycles. The van der Waals surface area contributed by atoms with Crippen molar-refractivity contribution in [3.63, 3.8) is 0 Å². The van der Waals surface area contributed by atoms with Crippen LogP contribution in [0.2, 0.25) is 0 Å². The lowest BCUT2D eigenvalue weighted by Gasteiger charge is -2.21. The number of aliphatic hydroxyl groups is 1. The van der Waals surface area contributed by atoms with Crippen LogP contribution in [0.1, 0.15) is 67.2 Å². The van der Waals surface area contributed by atoms with Gasteiger partial charge in [0, 0.05) is 13.2 Å². The van der Waals surface area contributed by atoms with Gasteiger partial charge in [-0.1, -0.05) is 41.5 Å². The van der Waals surface area contributed by atoms with E-state index in [0.717, 1.165) is 13.0 Å². The van der Waals surface area contributed by atoms with E-state index in [4.69, 9.17) is 9.84 Å². The van der Waals surface area contributed by atoms with Crippen LogP contribution in [-0.2, 0) is 4.74 Å². The third-order valence-electron chi connectivity index (χ3n) is 2.73. The molecule has 0 bridgehead atoms. The predicted octanol–water partition coefficient (Wildman–Crippen LogP) is 4.02. The molecule has 1 atom stereocenters. The molecular weight excluding hydrogens is 212 g/mol. The van der Waals surface area contributed by atoms with Gasteiger partial charge >= 0.3 is 0 Å². The van der Waals surface area contributed by atoms with E-state index in [2.05, 4.69) is 41.5 Å². The van der Waals surface area contributed by atoms with Gasteiger partial charge in [-0.25, -0.2) is 0 Å². The number of hydrogen-bond donors (Lipinski definition) is 1. The van der Waals surface area contributed by atoms with Crippen LogP contribution in [0.4, 0.5) is 0 Å². The van der Waals surface area contributed by atoms with Crippen molar-refractivity contribution in [1.29, 1.82) is 0 Å². The summed E-state index contributed by atoms with van der Waals surface area (Å²) >= 11 is 0. The van der Waals surface area contributed by atoms with Crippen LogP contribution in [0.25, 0.3) is 0 Å². The zero-order chi connectivity index (χ0) is 13.5. The van der Waals surface area contributed by atoms with E-state index in [1.807, 2.05) is 0 Å². The molecule has 1 heterocycles. The molecule has 0 amide bonds. The summed E-state index contributed by atoms with van der Waals surface area (Å²) in [4.78, 5) is 0. The standard InChI is InChI=1S/C9H18O.C6H14O/c1-9(2,3)7-8-5-4-6-10-8;1-6(2,3)4-5-7/h8H,4-7H2,1-3H3;7H,4-5H2,1-3H3. The molecule has 17 heavy (non-hydrogen) atoms. The summed E-state index contributed by atoms with van der Waals surface area (Å²) in [5, 5.41) is 8.40. The van der Waals surface area contributed by atoms with E-state index < -0.39 is 0 Å². The van der Waals surface area contributed by atoms with Crippen molar-refractivity contribution < 1.29 is 9.84 Å². The molecule has 0 aromatic heterocycles. The Morgan fingerprint density at radius 2 is 1.65 bits per heavy atom. The lowest BCUT2D eigenvalue weighted by Crippen LogP contribution is -2.16.